The fraction of sp³-hybridized carbons (Fsp3) is 0.156. The van der Waals surface area contributed by atoms with E-state index in [4.69, 9.17) is 16.3 Å². The average molecular weight is 625 g/mol. The normalized spacial score (nSPS) is 11.8. The van der Waals surface area contributed by atoms with Crippen molar-refractivity contribution in [1.82, 2.24) is 35.7 Å². The monoisotopic (exact) mass is 624 g/mol. The van der Waals surface area contributed by atoms with Gasteiger partial charge in [-0.3, -0.25) is 10.1 Å². The van der Waals surface area contributed by atoms with Crippen molar-refractivity contribution in [2.24, 2.45) is 0 Å². The summed E-state index contributed by atoms with van der Waals surface area (Å²) in [6, 6.07) is 21.7. The summed E-state index contributed by atoms with van der Waals surface area (Å²) in [6.45, 7) is 0.419. The molecule has 12 nitrogen and oxygen atoms in total. The smallest absolute Gasteiger partial charge is 0.409 e. The Morgan fingerprint density at radius 3 is 2.64 bits per heavy atom. The molecule has 0 aliphatic carbocycles. The molecule has 5 aromatic rings. The fourth-order valence-corrected chi connectivity index (χ4v) is 4.92. The number of methoxy groups -OCH3 is 1. The Morgan fingerprint density at radius 1 is 1.04 bits per heavy atom. The van der Waals surface area contributed by atoms with Gasteiger partial charge in [0.25, 0.3) is 0 Å². The zero-order chi connectivity index (χ0) is 31.6. The van der Waals surface area contributed by atoms with Crippen molar-refractivity contribution in [3.05, 3.63) is 119 Å². The lowest BCUT2D eigenvalue weighted by Gasteiger charge is -2.18. The van der Waals surface area contributed by atoms with Gasteiger partial charge in [0.2, 0.25) is 5.91 Å². The topological polar surface area (TPSA) is 157 Å². The van der Waals surface area contributed by atoms with Crippen molar-refractivity contribution < 1.29 is 19.4 Å². The molecule has 228 valence electrons. The van der Waals surface area contributed by atoms with Crippen molar-refractivity contribution >= 4 is 35.4 Å². The SMILES string of the molecule is COCCc1cc(-c2cnnc(C(Cc3ccccc3)NC(=O)C=Cc3cc(Cl)ccc3-n3cnnn3)c2)ccc1NC(=O)O. The van der Waals surface area contributed by atoms with E-state index in [9.17, 15) is 14.7 Å². The Labute approximate surface area is 263 Å². The van der Waals surface area contributed by atoms with Crippen LogP contribution in [-0.4, -0.2) is 61.2 Å². The van der Waals surface area contributed by atoms with Gasteiger partial charge in [0.1, 0.15) is 6.33 Å². The fourth-order valence-electron chi connectivity index (χ4n) is 4.74. The first kappa shape index (κ1) is 31.0. The number of carbonyl (C=O) groups is 2. The second kappa shape index (κ2) is 14.8. The van der Waals surface area contributed by atoms with Crippen molar-refractivity contribution in [3.63, 3.8) is 0 Å². The van der Waals surface area contributed by atoms with Gasteiger partial charge in [0.15, 0.2) is 0 Å². The van der Waals surface area contributed by atoms with E-state index in [1.54, 1.807) is 43.6 Å². The number of nitrogens with one attached hydrogen (secondary N) is 2. The predicted molar refractivity (Wildman–Crippen MR) is 169 cm³/mol. The highest BCUT2D eigenvalue weighted by atomic mass is 35.5. The maximum absolute atomic E-state index is 13.3. The number of nitrogens with zero attached hydrogens (tertiary/aromatic N) is 6. The minimum Gasteiger partial charge on any atom is -0.465 e. The van der Waals surface area contributed by atoms with Gasteiger partial charge in [-0.1, -0.05) is 48.0 Å². The van der Waals surface area contributed by atoms with Crippen molar-refractivity contribution in [1.29, 1.82) is 0 Å². The highest BCUT2D eigenvalue weighted by molar-refractivity contribution is 6.30. The Kier molecular flexibility index (Phi) is 10.2. The number of ether oxygens (including phenoxy) is 1. The van der Waals surface area contributed by atoms with E-state index in [2.05, 4.69) is 36.4 Å². The number of halogens is 1. The maximum atomic E-state index is 13.3. The van der Waals surface area contributed by atoms with Crippen LogP contribution in [0.3, 0.4) is 0 Å². The van der Waals surface area contributed by atoms with E-state index in [1.807, 2.05) is 48.5 Å². The summed E-state index contributed by atoms with van der Waals surface area (Å²) in [5.41, 5.74) is 5.69. The van der Waals surface area contributed by atoms with Gasteiger partial charge in [-0.25, -0.2) is 4.79 Å². The van der Waals surface area contributed by atoms with Gasteiger partial charge >= 0.3 is 6.09 Å². The molecule has 5 rings (SSSR count). The van der Waals surface area contributed by atoms with E-state index in [1.165, 1.54) is 17.1 Å². The number of carbonyl (C=O) groups excluding carboxylic acids is 1. The third-order valence-electron chi connectivity index (χ3n) is 6.88. The van der Waals surface area contributed by atoms with Gasteiger partial charge in [-0.15, -0.1) is 5.10 Å². The number of hydrogen-bond acceptors (Lipinski definition) is 8. The molecular weight excluding hydrogens is 596 g/mol. The standard InChI is InChI=1S/C32H29ClN8O4/c1-45-14-13-23-16-22(7-10-27(23)37-32(43)44)25-18-29(38-34-19-25)28(15-21-5-3-2-4-6-21)36-31(42)12-8-24-17-26(33)9-11-30(24)41-20-35-39-40-41/h2-12,16-20,28,37H,13-15H2,1H3,(H,36,42)(H,43,44). The number of rotatable bonds is 12. The lowest BCUT2D eigenvalue weighted by atomic mass is 9.98. The molecule has 0 saturated heterocycles. The summed E-state index contributed by atoms with van der Waals surface area (Å²) in [4.78, 5) is 24.6. The number of aromatic nitrogens is 6. The zero-order valence-corrected chi connectivity index (χ0v) is 24.9. The number of amides is 2. The molecule has 3 N–H and O–H groups in total. The summed E-state index contributed by atoms with van der Waals surface area (Å²) in [5, 5.41) is 35.2. The maximum Gasteiger partial charge on any atom is 0.409 e. The molecule has 1 atom stereocenters. The Morgan fingerprint density at radius 2 is 1.89 bits per heavy atom. The quantitative estimate of drug-likeness (QED) is 0.159. The number of hydrogen-bond donors (Lipinski definition) is 3. The van der Waals surface area contributed by atoms with Gasteiger partial charge in [-0.2, -0.15) is 14.9 Å². The Bertz CT molecular complexity index is 1800. The second-order valence-electron chi connectivity index (χ2n) is 9.96. The molecule has 0 aliphatic rings. The van der Waals surface area contributed by atoms with Gasteiger partial charge in [0.05, 0.1) is 30.2 Å². The summed E-state index contributed by atoms with van der Waals surface area (Å²) < 4.78 is 6.70. The molecule has 0 saturated carbocycles. The van der Waals surface area contributed by atoms with Crippen LogP contribution in [0.4, 0.5) is 10.5 Å². The van der Waals surface area contributed by atoms with Crippen molar-refractivity contribution in [3.8, 4) is 16.8 Å². The molecule has 0 fully saturated rings. The molecule has 0 bridgehead atoms. The minimum absolute atomic E-state index is 0.350. The lowest BCUT2D eigenvalue weighted by molar-refractivity contribution is -0.117. The Hall–Kier alpha value is -5.46. The van der Waals surface area contributed by atoms with Crippen LogP contribution in [0.15, 0.2) is 91.4 Å². The Balaban J connectivity index is 1.43. The van der Waals surface area contributed by atoms with Crippen molar-refractivity contribution in [2.75, 3.05) is 19.0 Å². The summed E-state index contributed by atoms with van der Waals surface area (Å²) in [5.74, 6) is -0.350. The number of anilines is 1. The van der Waals surface area contributed by atoms with Crippen molar-refractivity contribution in [2.45, 2.75) is 18.9 Å². The molecule has 2 heterocycles. The van der Waals surface area contributed by atoms with Crippen LogP contribution in [0.25, 0.3) is 22.9 Å². The van der Waals surface area contributed by atoms with Crippen LogP contribution >= 0.6 is 11.6 Å². The molecular formula is C32H29ClN8O4. The van der Waals surface area contributed by atoms with E-state index >= 15 is 0 Å². The summed E-state index contributed by atoms with van der Waals surface area (Å²) >= 11 is 6.23. The molecule has 3 aromatic carbocycles. The van der Waals surface area contributed by atoms with E-state index in [0.717, 1.165) is 22.3 Å². The van der Waals surface area contributed by atoms with E-state index in [-0.39, 0.29) is 5.91 Å². The van der Waals surface area contributed by atoms with Gasteiger partial charge in [-0.05, 0) is 82.4 Å². The zero-order valence-electron chi connectivity index (χ0n) is 24.2. The average Bonchev–Trinajstić information content (AvgIpc) is 3.58. The minimum atomic E-state index is -1.15. The van der Waals surface area contributed by atoms with Crippen LogP contribution in [0, 0.1) is 0 Å². The summed E-state index contributed by atoms with van der Waals surface area (Å²) in [6.07, 6.45) is 5.98. The first-order chi connectivity index (χ1) is 21.9. The molecule has 1 unspecified atom stereocenters. The lowest BCUT2D eigenvalue weighted by Crippen LogP contribution is -2.29. The third-order valence-corrected chi connectivity index (χ3v) is 7.12. The molecule has 2 aromatic heterocycles. The highest BCUT2D eigenvalue weighted by Gasteiger charge is 2.18. The summed E-state index contributed by atoms with van der Waals surface area (Å²) in [7, 11) is 1.59. The van der Waals surface area contributed by atoms with E-state index in [0.29, 0.717) is 47.1 Å². The van der Waals surface area contributed by atoms with Crippen LogP contribution < -0.4 is 10.6 Å². The third kappa shape index (κ3) is 8.34. The van der Waals surface area contributed by atoms with Crippen LogP contribution in [0.1, 0.15) is 28.4 Å². The largest absolute Gasteiger partial charge is 0.465 e. The first-order valence-corrected chi connectivity index (χ1v) is 14.3. The van der Waals surface area contributed by atoms with Crippen LogP contribution in [0.2, 0.25) is 5.02 Å². The predicted octanol–water partition coefficient (Wildman–Crippen LogP) is 5.16. The highest BCUT2D eigenvalue weighted by Crippen LogP contribution is 2.28. The van der Waals surface area contributed by atoms with E-state index < -0.39 is 12.1 Å². The number of tetrazole rings is 1. The molecule has 0 spiro atoms. The molecule has 45 heavy (non-hydrogen) atoms. The number of carboxylic acid groups (broad SMARTS) is 1. The second-order valence-corrected chi connectivity index (χ2v) is 10.4. The molecule has 0 radical (unpaired) electrons. The number of benzene rings is 3. The van der Waals surface area contributed by atoms with Gasteiger partial charge < -0.3 is 15.2 Å². The van der Waals surface area contributed by atoms with Crippen LogP contribution in [0.5, 0.6) is 0 Å². The molecule has 2 amide bonds. The molecule has 0 aliphatic heterocycles. The first-order valence-electron chi connectivity index (χ1n) is 13.9. The molecule has 13 heteroatoms. The van der Waals surface area contributed by atoms with Crippen LogP contribution in [-0.2, 0) is 22.4 Å². The van der Waals surface area contributed by atoms with Gasteiger partial charge in [0, 0.05) is 35.0 Å².